The molecule has 1 rings (SSSR count). The van der Waals surface area contributed by atoms with Gasteiger partial charge in [0.15, 0.2) is 0 Å². The average molecular weight is 153 g/mol. The lowest BCUT2D eigenvalue weighted by Crippen LogP contribution is -2.06. The van der Waals surface area contributed by atoms with Crippen LogP contribution in [0, 0.1) is 0 Å². The van der Waals surface area contributed by atoms with Crippen LogP contribution in [-0.2, 0) is 19.5 Å². The lowest BCUT2D eigenvalue weighted by molar-refractivity contribution is 0.615. The van der Waals surface area contributed by atoms with E-state index in [9.17, 15) is 0 Å². The molecule has 0 saturated carbocycles. The highest BCUT2D eigenvalue weighted by Gasteiger charge is 2.01. The van der Waals surface area contributed by atoms with Crippen LogP contribution in [0.1, 0.15) is 25.2 Å². The topological polar surface area (TPSA) is 43.8 Å². The van der Waals surface area contributed by atoms with Gasteiger partial charge in [0.1, 0.15) is 0 Å². The van der Waals surface area contributed by atoms with E-state index < -0.39 is 0 Å². The van der Waals surface area contributed by atoms with Gasteiger partial charge in [-0.3, -0.25) is 4.68 Å². The quantitative estimate of drug-likeness (QED) is 0.702. The first kappa shape index (κ1) is 8.27. The Morgan fingerprint density at radius 1 is 1.55 bits per heavy atom. The molecule has 0 radical (unpaired) electrons. The molecule has 0 atom stereocenters. The minimum atomic E-state index is 0.584. The fourth-order valence-electron chi connectivity index (χ4n) is 1.13. The molecule has 3 heteroatoms. The second-order valence-corrected chi connectivity index (χ2v) is 2.50. The maximum absolute atomic E-state index is 5.53. The van der Waals surface area contributed by atoms with Crippen LogP contribution < -0.4 is 5.73 Å². The van der Waals surface area contributed by atoms with Gasteiger partial charge in [-0.1, -0.05) is 6.92 Å². The van der Waals surface area contributed by atoms with E-state index in [0.29, 0.717) is 6.54 Å². The molecule has 0 aliphatic rings. The minimum absolute atomic E-state index is 0.584. The summed E-state index contributed by atoms with van der Waals surface area (Å²) in [6.07, 6.45) is 0.986. The zero-order valence-corrected chi connectivity index (χ0v) is 7.17. The molecule has 3 nitrogen and oxygen atoms in total. The van der Waals surface area contributed by atoms with Gasteiger partial charge in [0.05, 0.1) is 11.4 Å². The summed E-state index contributed by atoms with van der Waals surface area (Å²) in [4.78, 5) is 0. The fourth-order valence-corrected chi connectivity index (χ4v) is 1.13. The summed E-state index contributed by atoms with van der Waals surface area (Å²) in [5.74, 6) is 0. The zero-order valence-electron chi connectivity index (χ0n) is 7.17. The highest BCUT2D eigenvalue weighted by molar-refractivity contribution is 5.09. The van der Waals surface area contributed by atoms with Crippen molar-refractivity contribution < 1.29 is 0 Å². The summed E-state index contributed by atoms with van der Waals surface area (Å²) in [6, 6.07) is 2.07. The van der Waals surface area contributed by atoms with E-state index in [-0.39, 0.29) is 0 Å². The summed E-state index contributed by atoms with van der Waals surface area (Å²) in [5, 5.41) is 4.35. The molecule has 0 aliphatic heterocycles. The maximum atomic E-state index is 5.53. The van der Waals surface area contributed by atoms with Gasteiger partial charge in [-0.15, -0.1) is 0 Å². The van der Waals surface area contributed by atoms with Crippen LogP contribution in [0.3, 0.4) is 0 Å². The van der Waals surface area contributed by atoms with Crippen molar-refractivity contribution in [3.8, 4) is 0 Å². The van der Waals surface area contributed by atoms with Crippen molar-refractivity contribution in [3.63, 3.8) is 0 Å². The number of rotatable bonds is 3. The second-order valence-electron chi connectivity index (χ2n) is 2.50. The van der Waals surface area contributed by atoms with Crippen molar-refractivity contribution in [2.75, 3.05) is 0 Å². The highest BCUT2D eigenvalue weighted by atomic mass is 15.3. The van der Waals surface area contributed by atoms with Crippen LogP contribution in [0.2, 0.25) is 0 Å². The first-order valence-electron chi connectivity index (χ1n) is 4.07. The molecule has 11 heavy (non-hydrogen) atoms. The minimum Gasteiger partial charge on any atom is -0.325 e. The van der Waals surface area contributed by atoms with Gasteiger partial charge < -0.3 is 5.73 Å². The molecule has 0 bridgehead atoms. The zero-order chi connectivity index (χ0) is 8.27. The Bertz CT molecular complexity index is 206. The Kier molecular flexibility index (Phi) is 2.65. The van der Waals surface area contributed by atoms with Gasteiger partial charge in [-0.05, 0) is 19.4 Å². The standard InChI is InChI=1S/C8H15N3/c1-3-7-5-8(6-9)11(4-2)10-7/h5H,3-4,6,9H2,1-2H3. The Hall–Kier alpha value is -0.830. The lowest BCUT2D eigenvalue weighted by atomic mass is 10.3. The van der Waals surface area contributed by atoms with Crippen LogP contribution in [0.25, 0.3) is 0 Å². The summed E-state index contributed by atoms with van der Waals surface area (Å²) in [6.45, 7) is 5.67. The molecule has 2 N–H and O–H groups in total. The molecule has 1 heterocycles. The predicted molar refractivity (Wildman–Crippen MR) is 45.2 cm³/mol. The molecule has 0 aromatic carbocycles. The number of hydrogen-bond acceptors (Lipinski definition) is 2. The van der Waals surface area contributed by atoms with Crippen molar-refractivity contribution in [1.29, 1.82) is 0 Å². The van der Waals surface area contributed by atoms with Crippen LogP contribution in [-0.4, -0.2) is 9.78 Å². The number of hydrogen-bond donors (Lipinski definition) is 1. The Labute approximate surface area is 67.2 Å². The Morgan fingerprint density at radius 3 is 2.64 bits per heavy atom. The maximum Gasteiger partial charge on any atom is 0.0625 e. The van der Waals surface area contributed by atoms with Gasteiger partial charge in [-0.25, -0.2) is 0 Å². The number of aryl methyl sites for hydroxylation is 2. The lowest BCUT2D eigenvalue weighted by Gasteiger charge is -1.98. The van der Waals surface area contributed by atoms with E-state index in [1.54, 1.807) is 0 Å². The molecule has 0 spiro atoms. The van der Waals surface area contributed by atoms with Crippen molar-refractivity contribution in [2.45, 2.75) is 33.4 Å². The van der Waals surface area contributed by atoms with Crippen molar-refractivity contribution in [1.82, 2.24) is 9.78 Å². The summed E-state index contributed by atoms with van der Waals surface area (Å²) >= 11 is 0. The van der Waals surface area contributed by atoms with E-state index in [1.807, 2.05) is 4.68 Å². The molecular formula is C8H15N3. The smallest absolute Gasteiger partial charge is 0.0625 e. The van der Waals surface area contributed by atoms with Crippen LogP contribution in [0.5, 0.6) is 0 Å². The predicted octanol–water partition coefficient (Wildman–Crippen LogP) is 0.924. The van der Waals surface area contributed by atoms with E-state index in [2.05, 4.69) is 25.0 Å². The Balaban J connectivity index is 2.92. The van der Waals surface area contributed by atoms with Crippen molar-refractivity contribution >= 4 is 0 Å². The van der Waals surface area contributed by atoms with Crippen LogP contribution in [0.4, 0.5) is 0 Å². The molecule has 0 aliphatic carbocycles. The second kappa shape index (κ2) is 3.53. The number of nitrogens with two attached hydrogens (primary N) is 1. The first-order valence-corrected chi connectivity index (χ1v) is 4.07. The van der Waals surface area contributed by atoms with Gasteiger partial charge in [-0.2, -0.15) is 5.10 Å². The summed E-state index contributed by atoms with van der Waals surface area (Å²) < 4.78 is 1.96. The summed E-state index contributed by atoms with van der Waals surface area (Å²) in [7, 11) is 0. The third-order valence-corrected chi connectivity index (χ3v) is 1.78. The largest absolute Gasteiger partial charge is 0.325 e. The average Bonchev–Trinajstić information content (AvgIpc) is 2.46. The molecule has 62 valence electrons. The van der Waals surface area contributed by atoms with Crippen molar-refractivity contribution in [2.24, 2.45) is 5.73 Å². The van der Waals surface area contributed by atoms with Crippen LogP contribution >= 0.6 is 0 Å². The fraction of sp³-hybridized carbons (Fsp3) is 0.625. The van der Waals surface area contributed by atoms with Gasteiger partial charge in [0.2, 0.25) is 0 Å². The van der Waals surface area contributed by atoms with Gasteiger partial charge in [0, 0.05) is 13.1 Å². The van der Waals surface area contributed by atoms with Crippen molar-refractivity contribution in [3.05, 3.63) is 17.5 Å². The molecule has 1 aromatic rings. The van der Waals surface area contributed by atoms with Gasteiger partial charge >= 0.3 is 0 Å². The SMILES string of the molecule is CCc1cc(CN)n(CC)n1. The monoisotopic (exact) mass is 153 g/mol. The Morgan fingerprint density at radius 2 is 2.27 bits per heavy atom. The first-order chi connectivity index (χ1) is 5.31. The van der Waals surface area contributed by atoms with E-state index in [0.717, 1.165) is 24.4 Å². The third-order valence-electron chi connectivity index (χ3n) is 1.78. The molecule has 1 aromatic heterocycles. The molecule has 0 unspecified atom stereocenters. The highest BCUT2D eigenvalue weighted by Crippen LogP contribution is 2.03. The normalized spacial score (nSPS) is 10.5. The molecule has 0 saturated heterocycles. The van der Waals surface area contributed by atoms with E-state index in [4.69, 9.17) is 5.73 Å². The summed E-state index contributed by atoms with van der Waals surface area (Å²) in [5.41, 5.74) is 7.79. The van der Waals surface area contributed by atoms with E-state index >= 15 is 0 Å². The molecule has 0 amide bonds. The van der Waals surface area contributed by atoms with E-state index in [1.165, 1.54) is 0 Å². The molecular weight excluding hydrogens is 138 g/mol. The number of aromatic nitrogens is 2. The van der Waals surface area contributed by atoms with Crippen LogP contribution in [0.15, 0.2) is 6.07 Å². The van der Waals surface area contributed by atoms with Gasteiger partial charge in [0.25, 0.3) is 0 Å². The number of nitrogens with zero attached hydrogens (tertiary/aromatic N) is 2. The third kappa shape index (κ3) is 1.60. The molecule has 0 fully saturated rings.